The number of fused-ring (bicyclic) bond motifs is 3. The Morgan fingerprint density at radius 1 is 1.19 bits per heavy atom. The molecule has 0 N–H and O–H groups in total. The van der Waals surface area contributed by atoms with Gasteiger partial charge in [0.1, 0.15) is 23.4 Å². The van der Waals surface area contributed by atoms with Crippen LogP contribution in [0.3, 0.4) is 0 Å². The van der Waals surface area contributed by atoms with Crippen LogP contribution in [0.5, 0.6) is 0 Å². The third-order valence-electron chi connectivity index (χ3n) is 6.29. The third-order valence-corrected chi connectivity index (χ3v) is 6.29. The molecule has 2 aromatic carbocycles. The maximum absolute atomic E-state index is 14.0. The van der Waals surface area contributed by atoms with Gasteiger partial charge in [0.15, 0.2) is 0 Å². The van der Waals surface area contributed by atoms with Crippen LogP contribution in [0.4, 0.5) is 4.39 Å². The van der Waals surface area contributed by atoms with Crippen molar-refractivity contribution in [3.63, 3.8) is 0 Å². The molecule has 1 amide bonds. The first-order valence-electron chi connectivity index (χ1n) is 11.0. The maximum atomic E-state index is 14.0. The second-order valence-corrected chi connectivity index (χ2v) is 8.70. The number of carbonyl (C=O) groups is 1. The van der Waals surface area contributed by atoms with E-state index < -0.39 is 5.82 Å². The van der Waals surface area contributed by atoms with Crippen molar-refractivity contribution in [1.82, 2.24) is 19.0 Å². The highest BCUT2D eigenvalue weighted by atomic mass is 19.1. The number of carbonyl (C=O) groups excluding carboxylic acids is 1. The van der Waals surface area contributed by atoms with Crippen molar-refractivity contribution in [2.45, 2.75) is 32.9 Å². The van der Waals surface area contributed by atoms with Gasteiger partial charge in [-0.2, -0.15) is 0 Å². The van der Waals surface area contributed by atoms with Gasteiger partial charge < -0.3 is 9.47 Å². The van der Waals surface area contributed by atoms with Crippen LogP contribution in [-0.2, 0) is 17.9 Å². The number of piperidine rings is 1. The summed E-state index contributed by atoms with van der Waals surface area (Å²) >= 11 is 0. The summed E-state index contributed by atoms with van der Waals surface area (Å²) in [6, 6.07) is 14.0. The predicted octanol–water partition coefficient (Wildman–Crippen LogP) is 3.80. The standard InChI is InChI=1S/C25H25FN4O2/c1-17-6-5-11-28(13-17)22(31)15-30-21-10-9-19(26)12-20(21)23-24(30)25(32)29(16-27-23)14-18-7-3-2-4-8-18/h2-4,7-10,12,16-17H,5-6,11,13-15H2,1H3. The lowest BCUT2D eigenvalue weighted by atomic mass is 10.0. The van der Waals surface area contributed by atoms with Crippen molar-refractivity contribution >= 4 is 27.8 Å². The molecule has 1 aliphatic heterocycles. The van der Waals surface area contributed by atoms with Crippen LogP contribution in [0.1, 0.15) is 25.3 Å². The minimum atomic E-state index is -0.400. The lowest BCUT2D eigenvalue weighted by molar-refractivity contribution is -0.133. The number of benzene rings is 2. The molecule has 1 fully saturated rings. The Kier molecular flexibility index (Phi) is 5.25. The Bertz CT molecular complexity index is 1360. The number of likely N-dealkylation sites (tertiary alicyclic amines) is 1. The average Bonchev–Trinajstić information content (AvgIpc) is 3.09. The Morgan fingerprint density at radius 2 is 2.00 bits per heavy atom. The van der Waals surface area contributed by atoms with Gasteiger partial charge in [-0.3, -0.25) is 14.2 Å². The third kappa shape index (κ3) is 3.68. The zero-order valence-corrected chi connectivity index (χ0v) is 18.0. The van der Waals surface area contributed by atoms with Gasteiger partial charge in [-0.25, -0.2) is 9.37 Å². The first kappa shape index (κ1) is 20.4. The highest BCUT2D eigenvalue weighted by Gasteiger charge is 2.24. The summed E-state index contributed by atoms with van der Waals surface area (Å²) in [7, 11) is 0. The molecule has 0 saturated carbocycles. The molecule has 0 bridgehead atoms. The summed E-state index contributed by atoms with van der Waals surface area (Å²) in [5, 5.41) is 0.545. The topological polar surface area (TPSA) is 60.1 Å². The molecule has 0 spiro atoms. The van der Waals surface area contributed by atoms with Crippen LogP contribution in [-0.4, -0.2) is 38.0 Å². The predicted molar refractivity (Wildman–Crippen MR) is 122 cm³/mol. The fourth-order valence-corrected chi connectivity index (χ4v) is 4.68. The maximum Gasteiger partial charge on any atom is 0.278 e. The summed E-state index contributed by atoms with van der Waals surface area (Å²) in [4.78, 5) is 33.0. The fourth-order valence-electron chi connectivity index (χ4n) is 4.68. The Hall–Kier alpha value is -3.48. The van der Waals surface area contributed by atoms with Crippen molar-refractivity contribution in [3.8, 4) is 0 Å². The molecule has 0 aliphatic carbocycles. The van der Waals surface area contributed by atoms with E-state index in [1.54, 1.807) is 10.6 Å². The van der Waals surface area contributed by atoms with Gasteiger partial charge in [0.2, 0.25) is 5.91 Å². The number of rotatable bonds is 4. The lowest BCUT2D eigenvalue weighted by Crippen LogP contribution is -2.41. The van der Waals surface area contributed by atoms with Crippen LogP contribution < -0.4 is 5.56 Å². The van der Waals surface area contributed by atoms with E-state index in [1.165, 1.54) is 23.0 Å². The summed E-state index contributed by atoms with van der Waals surface area (Å²) in [6.45, 7) is 4.00. The summed E-state index contributed by atoms with van der Waals surface area (Å²) in [5.74, 6) is 0.0326. The van der Waals surface area contributed by atoms with Gasteiger partial charge in [-0.1, -0.05) is 37.3 Å². The van der Waals surface area contributed by atoms with E-state index in [4.69, 9.17) is 0 Å². The SMILES string of the molecule is CC1CCCN(C(=O)Cn2c3ccc(F)cc3c3ncn(Cc4ccccc4)c(=O)c32)C1. The van der Waals surface area contributed by atoms with Crippen LogP contribution >= 0.6 is 0 Å². The normalized spacial score (nSPS) is 16.7. The Balaban J connectivity index is 1.62. The molecule has 1 unspecified atom stereocenters. The molecule has 0 radical (unpaired) electrons. The quantitative estimate of drug-likeness (QED) is 0.493. The van der Waals surface area contributed by atoms with E-state index >= 15 is 0 Å². The van der Waals surface area contributed by atoms with Gasteiger partial charge in [0.05, 0.1) is 18.4 Å². The Morgan fingerprint density at radius 3 is 2.78 bits per heavy atom. The van der Waals surface area contributed by atoms with Gasteiger partial charge >= 0.3 is 0 Å². The molecule has 6 nitrogen and oxygen atoms in total. The summed E-state index contributed by atoms with van der Waals surface area (Å²) in [6.07, 6.45) is 3.60. The van der Waals surface area contributed by atoms with Crippen molar-refractivity contribution in [2.24, 2.45) is 5.92 Å². The number of hydrogen-bond donors (Lipinski definition) is 0. The molecule has 4 aromatic rings. The number of halogens is 1. The second kappa shape index (κ2) is 8.22. The second-order valence-electron chi connectivity index (χ2n) is 8.70. The lowest BCUT2D eigenvalue weighted by Gasteiger charge is -2.31. The van der Waals surface area contributed by atoms with Gasteiger partial charge in [-0.15, -0.1) is 0 Å². The number of amides is 1. The van der Waals surface area contributed by atoms with Crippen molar-refractivity contribution in [3.05, 3.63) is 76.6 Å². The van der Waals surface area contributed by atoms with E-state index in [9.17, 15) is 14.0 Å². The molecule has 1 aliphatic rings. The van der Waals surface area contributed by atoms with E-state index in [0.29, 0.717) is 34.4 Å². The van der Waals surface area contributed by atoms with Crippen molar-refractivity contribution in [1.29, 1.82) is 0 Å². The van der Waals surface area contributed by atoms with E-state index in [0.717, 1.165) is 31.5 Å². The highest BCUT2D eigenvalue weighted by Crippen LogP contribution is 2.27. The molecular weight excluding hydrogens is 407 g/mol. The molecule has 3 heterocycles. The summed E-state index contributed by atoms with van der Waals surface area (Å²) in [5.41, 5.74) is 2.14. The molecular formula is C25H25FN4O2. The first-order chi connectivity index (χ1) is 15.5. The average molecular weight is 432 g/mol. The number of hydrogen-bond acceptors (Lipinski definition) is 3. The monoisotopic (exact) mass is 432 g/mol. The van der Waals surface area contributed by atoms with Crippen LogP contribution in [0.25, 0.3) is 21.9 Å². The van der Waals surface area contributed by atoms with E-state index in [2.05, 4.69) is 11.9 Å². The zero-order chi connectivity index (χ0) is 22.2. The van der Waals surface area contributed by atoms with Gasteiger partial charge in [-0.05, 0) is 42.5 Å². The van der Waals surface area contributed by atoms with E-state index in [1.807, 2.05) is 35.2 Å². The largest absolute Gasteiger partial charge is 0.341 e. The fraction of sp³-hybridized carbons (Fsp3) is 0.320. The molecule has 2 aromatic heterocycles. The van der Waals surface area contributed by atoms with E-state index in [-0.39, 0.29) is 18.0 Å². The van der Waals surface area contributed by atoms with Crippen molar-refractivity contribution in [2.75, 3.05) is 13.1 Å². The highest BCUT2D eigenvalue weighted by molar-refractivity contribution is 6.06. The van der Waals surface area contributed by atoms with Gasteiger partial charge in [0, 0.05) is 18.5 Å². The van der Waals surface area contributed by atoms with Crippen LogP contribution in [0.15, 0.2) is 59.7 Å². The summed E-state index contributed by atoms with van der Waals surface area (Å²) < 4.78 is 17.3. The molecule has 32 heavy (non-hydrogen) atoms. The molecule has 1 atom stereocenters. The minimum absolute atomic E-state index is 0.0301. The smallest absolute Gasteiger partial charge is 0.278 e. The number of nitrogens with zero attached hydrogens (tertiary/aromatic N) is 4. The molecule has 5 rings (SSSR count). The zero-order valence-electron chi connectivity index (χ0n) is 18.0. The molecule has 1 saturated heterocycles. The Labute approximate surface area is 184 Å². The minimum Gasteiger partial charge on any atom is -0.341 e. The first-order valence-corrected chi connectivity index (χ1v) is 11.0. The van der Waals surface area contributed by atoms with Crippen LogP contribution in [0, 0.1) is 11.7 Å². The molecule has 7 heteroatoms. The van der Waals surface area contributed by atoms with Crippen molar-refractivity contribution < 1.29 is 9.18 Å². The molecule has 164 valence electrons. The number of aromatic nitrogens is 3. The van der Waals surface area contributed by atoms with Gasteiger partial charge in [0.25, 0.3) is 5.56 Å². The van der Waals surface area contributed by atoms with Crippen LogP contribution in [0.2, 0.25) is 0 Å².